The number of hydrogen-bond donors (Lipinski definition) is 1. The van der Waals surface area contributed by atoms with E-state index in [0.29, 0.717) is 6.54 Å². The standard InChI is InChI=1S/C9H22N2O3S.ClH/c1-8(2)14-5-6-15(12,13)11(4)9(3)7-10;/h8-9H,5-7,10H2,1-4H3;1H. The largest absolute Gasteiger partial charge is 0.378 e. The number of likely N-dealkylation sites (N-methyl/N-ethyl adjacent to an activating group) is 1. The van der Waals surface area contributed by atoms with Gasteiger partial charge in [-0.1, -0.05) is 0 Å². The minimum Gasteiger partial charge on any atom is -0.378 e. The predicted octanol–water partition coefficient (Wildman–Crippen LogP) is 0.442. The second kappa shape index (κ2) is 8.25. The molecule has 0 spiro atoms. The van der Waals surface area contributed by atoms with Crippen LogP contribution in [-0.2, 0) is 14.8 Å². The topological polar surface area (TPSA) is 72.6 Å². The van der Waals surface area contributed by atoms with Crippen molar-refractivity contribution in [3.8, 4) is 0 Å². The molecule has 0 bridgehead atoms. The smallest absolute Gasteiger partial charge is 0.216 e. The molecule has 0 radical (unpaired) electrons. The van der Waals surface area contributed by atoms with Gasteiger partial charge in [0.25, 0.3) is 0 Å². The Morgan fingerprint density at radius 1 is 1.31 bits per heavy atom. The number of ether oxygens (including phenoxy) is 1. The van der Waals surface area contributed by atoms with Crippen LogP contribution in [0, 0.1) is 0 Å². The lowest BCUT2D eigenvalue weighted by atomic mass is 10.4. The highest BCUT2D eigenvalue weighted by Crippen LogP contribution is 2.04. The van der Waals surface area contributed by atoms with E-state index < -0.39 is 10.0 Å². The summed E-state index contributed by atoms with van der Waals surface area (Å²) in [6.45, 7) is 6.07. The van der Waals surface area contributed by atoms with Crippen LogP contribution in [0.15, 0.2) is 0 Å². The van der Waals surface area contributed by atoms with Gasteiger partial charge in [-0.25, -0.2) is 12.7 Å². The summed E-state index contributed by atoms with van der Waals surface area (Å²) in [7, 11) is -1.70. The Labute approximate surface area is 105 Å². The van der Waals surface area contributed by atoms with E-state index in [4.69, 9.17) is 10.5 Å². The zero-order chi connectivity index (χ0) is 12.1. The van der Waals surface area contributed by atoms with E-state index in [1.165, 1.54) is 4.31 Å². The lowest BCUT2D eigenvalue weighted by Crippen LogP contribution is -2.41. The van der Waals surface area contributed by atoms with Gasteiger partial charge in [0.15, 0.2) is 0 Å². The third-order valence-electron chi connectivity index (χ3n) is 2.19. The van der Waals surface area contributed by atoms with Crippen molar-refractivity contribution in [2.24, 2.45) is 5.73 Å². The summed E-state index contributed by atoms with van der Waals surface area (Å²) in [5.74, 6) is 0.00597. The van der Waals surface area contributed by atoms with Gasteiger partial charge in [0.1, 0.15) is 0 Å². The molecule has 0 saturated heterocycles. The van der Waals surface area contributed by atoms with Crippen LogP contribution in [-0.4, -0.2) is 50.8 Å². The minimum atomic E-state index is -3.24. The van der Waals surface area contributed by atoms with E-state index in [1.54, 1.807) is 14.0 Å². The molecule has 100 valence electrons. The number of hydrogen-bond acceptors (Lipinski definition) is 4. The zero-order valence-corrected chi connectivity index (χ0v) is 12.0. The van der Waals surface area contributed by atoms with Crippen LogP contribution in [0.3, 0.4) is 0 Å². The third-order valence-corrected chi connectivity index (χ3v) is 4.11. The number of sulfonamides is 1. The number of halogens is 1. The molecule has 2 N–H and O–H groups in total. The fourth-order valence-corrected chi connectivity index (χ4v) is 2.18. The van der Waals surface area contributed by atoms with Crippen molar-refractivity contribution in [3.63, 3.8) is 0 Å². The molecule has 0 aliphatic heterocycles. The molecule has 0 fully saturated rings. The summed E-state index contributed by atoms with van der Waals surface area (Å²) < 4.78 is 29.9. The number of nitrogens with two attached hydrogens (primary N) is 1. The minimum absolute atomic E-state index is 0. The van der Waals surface area contributed by atoms with E-state index in [1.807, 2.05) is 13.8 Å². The second-order valence-electron chi connectivity index (χ2n) is 3.84. The van der Waals surface area contributed by atoms with Crippen molar-refractivity contribution < 1.29 is 13.2 Å². The van der Waals surface area contributed by atoms with Gasteiger partial charge in [0, 0.05) is 19.6 Å². The molecule has 0 saturated carbocycles. The Kier molecular flexibility index (Phi) is 9.53. The average Bonchev–Trinajstić information content (AvgIpc) is 2.14. The van der Waals surface area contributed by atoms with Gasteiger partial charge in [-0.15, -0.1) is 12.4 Å². The molecule has 5 nitrogen and oxygen atoms in total. The van der Waals surface area contributed by atoms with Gasteiger partial charge in [0.2, 0.25) is 10.0 Å². The van der Waals surface area contributed by atoms with Gasteiger partial charge in [0.05, 0.1) is 18.5 Å². The summed E-state index contributed by atoms with van der Waals surface area (Å²) >= 11 is 0. The normalized spacial score (nSPS) is 13.9. The summed E-state index contributed by atoms with van der Waals surface area (Å²) in [6, 6.07) is -0.172. The Balaban J connectivity index is 0. The highest BCUT2D eigenvalue weighted by atomic mass is 35.5. The first kappa shape index (κ1) is 18.5. The van der Waals surface area contributed by atoms with Crippen molar-refractivity contribution >= 4 is 22.4 Å². The lowest BCUT2D eigenvalue weighted by Gasteiger charge is -2.23. The Morgan fingerprint density at radius 3 is 2.19 bits per heavy atom. The molecule has 0 aromatic carbocycles. The molecular formula is C9H23ClN2O3S. The molecular weight excluding hydrogens is 252 g/mol. The van der Waals surface area contributed by atoms with E-state index in [9.17, 15) is 8.42 Å². The molecule has 0 heterocycles. The van der Waals surface area contributed by atoms with Crippen LogP contribution in [0.2, 0.25) is 0 Å². The summed E-state index contributed by atoms with van der Waals surface area (Å²) in [5, 5.41) is 0. The SMILES string of the molecule is CC(C)OCCS(=O)(=O)N(C)C(C)CN.Cl. The second-order valence-corrected chi connectivity index (χ2v) is 5.98. The summed E-state index contributed by atoms with van der Waals surface area (Å²) in [6.07, 6.45) is 0.0532. The van der Waals surface area contributed by atoms with E-state index >= 15 is 0 Å². The van der Waals surface area contributed by atoms with Gasteiger partial charge in [-0.05, 0) is 20.8 Å². The highest BCUT2D eigenvalue weighted by molar-refractivity contribution is 7.89. The molecule has 1 unspecified atom stereocenters. The molecule has 0 aromatic rings. The quantitative estimate of drug-likeness (QED) is 0.731. The summed E-state index contributed by atoms with van der Waals surface area (Å²) in [4.78, 5) is 0. The molecule has 0 aliphatic carbocycles. The first-order valence-electron chi connectivity index (χ1n) is 5.08. The first-order valence-corrected chi connectivity index (χ1v) is 6.69. The molecule has 0 rings (SSSR count). The zero-order valence-electron chi connectivity index (χ0n) is 10.3. The first-order chi connectivity index (χ1) is 6.81. The van der Waals surface area contributed by atoms with Crippen molar-refractivity contribution in [2.75, 3.05) is 26.0 Å². The predicted molar refractivity (Wildman–Crippen MR) is 68.4 cm³/mol. The van der Waals surface area contributed by atoms with Crippen LogP contribution >= 0.6 is 12.4 Å². The van der Waals surface area contributed by atoms with Gasteiger partial charge in [-0.2, -0.15) is 0 Å². The molecule has 1 atom stereocenters. The highest BCUT2D eigenvalue weighted by Gasteiger charge is 2.21. The van der Waals surface area contributed by atoms with Crippen molar-refractivity contribution in [2.45, 2.75) is 32.9 Å². The Hall–Kier alpha value is 0.120. The van der Waals surface area contributed by atoms with Crippen LogP contribution in [0.4, 0.5) is 0 Å². The van der Waals surface area contributed by atoms with Gasteiger partial charge < -0.3 is 10.5 Å². The van der Waals surface area contributed by atoms with Crippen LogP contribution in [0.25, 0.3) is 0 Å². The van der Waals surface area contributed by atoms with Crippen LogP contribution in [0.5, 0.6) is 0 Å². The van der Waals surface area contributed by atoms with Crippen molar-refractivity contribution in [1.82, 2.24) is 4.31 Å². The Bertz CT molecular complexity index is 270. The maximum absolute atomic E-state index is 11.7. The maximum Gasteiger partial charge on any atom is 0.216 e. The molecule has 0 aromatic heterocycles. The molecule has 16 heavy (non-hydrogen) atoms. The average molecular weight is 275 g/mol. The Morgan fingerprint density at radius 2 is 1.81 bits per heavy atom. The lowest BCUT2D eigenvalue weighted by molar-refractivity contribution is 0.0906. The van der Waals surface area contributed by atoms with E-state index in [2.05, 4.69) is 0 Å². The van der Waals surface area contributed by atoms with Crippen LogP contribution < -0.4 is 5.73 Å². The van der Waals surface area contributed by atoms with E-state index in [0.717, 1.165) is 0 Å². The van der Waals surface area contributed by atoms with E-state index in [-0.39, 0.29) is 36.9 Å². The molecule has 7 heteroatoms. The fraction of sp³-hybridized carbons (Fsp3) is 1.00. The third kappa shape index (κ3) is 6.65. The number of nitrogens with zero attached hydrogens (tertiary/aromatic N) is 1. The molecule has 0 amide bonds. The number of rotatable bonds is 7. The van der Waals surface area contributed by atoms with Gasteiger partial charge >= 0.3 is 0 Å². The maximum atomic E-state index is 11.7. The van der Waals surface area contributed by atoms with Crippen molar-refractivity contribution in [3.05, 3.63) is 0 Å². The molecule has 0 aliphatic rings. The van der Waals surface area contributed by atoms with Crippen LogP contribution in [0.1, 0.15) is 20.8 Å². The van der Waals surface area contributed by atoms with Crippen molar-refractivity contribution in [1.29, 1.82) is 0 Å². The summed E-state index contributed by atoms with van der Waals surface area (Å²) in [5.41, 5.74) is 5.41. The monoisotopic (exact) mass is 274 g/mol. The fourth-order valence-electron chi connectivity index (χ4n) is 0.956. The van der Waals surface area contributed by atoms with Gasteiger partial charge in [-0.3, -0.25) is 0 Å².